The zero-order valence-corrected chi connectivity index (χ0v) is 18.1. The fourth-order valence-corrected chi connectivity index (χ4v) is 4.17. The van der Waals surface area contributed by atoms with Gasteiger partial charge in [-0.3, -0.25) is 0 Å². The summed E-state index contributed by atoms with van der Waals surface area (Å²) in [6.45, 7) is 1.59. The van der Waals surface area contributed by atoms with Crippen molar-refractivity contribution in [2.24, 2.45) is 0 Å². The summed E-state index contributed by atoms with van der Waals surface area (Å²) in [6.07, 6.45) is 1.41. The molecule has 6 heteroatoms. The molecule has 0 bridgehead atoms. The molecule has 0 aliphatic carbocycles. The van der Waals surface area contributed by atoms with Gasteiger partial charge >= 0.3 is 0 Å². The van der Waals surface area contributed by atoms with E-state index >= 15 is 0 Å². The van der Waals surface area contributed by atoms with Crippen LogP contribution in [-0.4, -0.2) is 24.7 Å². The summed E-state index contributed by atoms with van der Waals surface area (Å²) in [5.74, 6) is 0.189. The maximum atomic E-state index is 13.4. The monoisotopic (exact) mass is 446 g/mol. The van der Waals surface area contributed by atoms with Gasteiger partial charge in [0.25, 0.3) is 0 Å². The fourth-order valence-electron chi connectivity index (χ4n) is 4.17. The Morgan fingerprint density at radius 3 is 2.27 bits per heavy atom. The van der Waals surface area contributed by atoms with Crippen molar-refractivity contribution in [2.45, 2.75) is 18.9 Å². The molecule has 1 aliphatic rings. The molecule has 5 rings (SSSR count). The highest BCUT2D eigenvalue weighted by Crippen LogP contribution is 2.37. The van der Waals surface area contributed by atoms with Crippen LogP contribution in [0.4, 0.5) is 14.5 Å². The first-order valence-corrected chi connectivity index (χ1v) is 11.1. The van der Waals surface area contributed by atoms with Gasteiger partial charge in [-0.05, 0) is 54.3 Å². The van der Waals surface area contributed by atoms with E-state index in [1.165, 1.54) is 24.3 Å². The number of ether oxygens (including phenoxy) is 2. The third-order valence-electron chi connectivity index (χ3n) is 5.76. The number of rotatable bonds is 7. The van der Waals surface area contributed by atoms with E-state index in [1.54, 1.807) is 24.3 Å². The zero-order valence-electron chi connectivity index (χ0n) is 18.1. The van der Waals surface area contributed by atoms with Gasteiger partial charge in [0.2, 0.25) is 0 Å². The fraction of sp³-hybridized carbons (Fsp3) is 0.222. The Morgan fingerprint density at radius 1 is 0.909 bits per heavy atom. The first-order chi connectivity index (χ1) is 16.2. The third-order valence-corrected chi connectivity index (χ3v) is 5.76. The highest BCUT2D eigenvalue weighted by atomic mass is 19.1. The van der Waals surface area contributed by atoms with E-state index in [1.807, 2.05) is 24.3 Å². The number of aryl methyl sites for hydroxylation is 1. The number of benzene rings is 3. The average Bonchev–Trinajstić information content (AvgIpc) is 2.85. The van der Waals surface area contributed by atoms with Crippen molar-refractivity contribution < 1.29 is 18.3 Å². The highest BCUT2D eigenvalue weighted by Gasteiger charge is 2.20. The van der Waals surface area contributed by atoms with Gasteiger partial charge in [0, 0.05) is 11.9 Å². The zero-order chi connectivity index (χ0) is 22.6. The van der Waals surface area contributed by atoms with E-state index in [-0.39, 0.29) is 11.6 Å². The number of hydrogen-bond acceptors (Lipinski definition) is 4. The molecule has 4 nitrogen and oxygen atoms in total. The molecule has 1 aliphatic heterocycles. The van der Waals surface area contributed by atoms with Gasteiger partial charge in [0.15, 0.2) is 5.75 Å². The molecule has 168 valence electrons. The minimum absolute atomic E-state index is 0.312. The van der Waals surface area contributed by atoms with Gasteiger partial charge in [0.1, 0.15) is 17.7 Å². The first kappa shape index (κ1) is 21.3. The minimum Gasteiger partial charge on any atom is -0.489 e. The van der Waals surface area contributed by atoms with E-state index in [9.17, 15) is 8.78 Å². The highest BCUT2D eigenvalue weighted by molar-refractivity contribution is 5.95. The third kappa shape index (κ3) is 4.66. The van der Waals surface area contributed by atoms with Crippen LogP contribution < -0.4 is 10.1 Å². The molecule has 33 heavy (non-hydrogen) atoms. The molecule has 0 saturated heterocycles. The predicted molar refractivity (Wildman–Crippen MR) is 125 cm³/mol. The maximum Gasteiger partial charge on any atom is 0.164 e. The minimum atomic E-state index is -0.438. The van der Waals surface area contributed by atoms with E-state index in [2.05, 4.69) is 5.32 Å². The summed E-state index contributed by atoms with van der Waals surface area (Å²) < 4.78 is 39.1. The lowest BCUT2D eigenvalue weighted by atomic mass is 10.0. The van der Waals surface area contributed by atoms with Gasteiger partial charge in [-0.1, -0.05) is 42.5 Å². The largest absolute Gasteiger partial charge is 0.489 e. The van der Waals surface area contributed by atoms with Crippen LogP contribution in [0.5, 0.6) is 5.75 Å². The summed E-state index contributed by atoms with van der Waals surface area (Å²) in [5.41, 5.74) is 4.44. The van der Waals surface area contributed by atoms with Gasteiger partial charge in [0.05, 0.1) is 30.1 Å². The molecular weight excluding hydrogens is 422 g/mol. The molecule has 0 radical (unpaired) electrons. The topological polar surface area (TPSA) is 43.4 Å². The molecule has 0 spiro atoms. The van der Waals surface area contributed by atoms with Gasteiger partial charge in [-0.15, -0.1) is 0 Å². The Kier molecular flexibility index (Phi) is 6.17. The Morgan fingerprint density at radius 2 is 1.58 bits per heavy atom. The Bertz CT molecular complexity index is 1200. The quantitative estimate of drug-likeness (QED) is 0.351. The Balaban J connectivity index is 1.35. The molecule has 3 aromatic carbocycles. The number of para-hydroxylation sites is 1. The standard InChI is InChI=1S/C27H24F2N2O2/c28-20-11-7-18(8-12-20)26(19-9-13-21(29)14-10-19)33-17-15-30-25-22-4-1-2-5-23(22)31-24-6-3-16-32-27(24)25/h1-2,4-5,7-14,26H,3,6,15-17H2,(H,30,31). The normalized spacial score (nSPS) is 13.1. The molecule has 0 amide bonds. The summed E-state index contributed by atoms with van der Waals surface area (Å²) >= 11 is 0. The molecule has 0 fully saturated rings. The van der Waals surface area contributed by atoms with Crippen molar-refractivity contribution in [3.8, 4) is 5.75 Å². The van der Waals surface area contributed by atoms with Crippen molar-refractivity contribution in [3.63, 3.8) is 0 Å². The molecule has 4 aromatic rings. The smallest absolute Gasteiger partial charge is 0.164 e. The first-order valence-electron chi connectivity index (χ1n) is 11.1. The predicted octanol–water partition coefficient (Wildman–Crippen LogP) is 6.06. The average molecular weight is 446 g/mol. The van der Waals surface area contributed by atoms with Crippen LogP contribution in [0.3, 0.4) is 0 Å². The molecule has 2 heterocycles. The van der Waals surface area contributed by atoms with Crippen molar-refractivity contribution in [3.05, 3.63) is 101 Å². The Labute approximate surface area is 191 Å². The summed E-state index contributed by atoms with van der Waals surface area (Å²) in [6, 6.07) is 20.4. The van der Waals surface area contributed by atoms with Crippen LogP contribution in [0.25, 0.3) is 10.9 Å². The second-order valence-electron chi connectivity index (χ2n) is 8.01. The molecule has 1 N–H and O–H groups in total. The van der Waals surface area contributed by atoms with E-state index in [4.69, 9.17) is 14.5 Å². The van der Waals surface area contributed by atoms with Crippen molar-refractivity contribution in [1.82, 2.24) is 4.98 Å². The number of aromatic nitrogens is 1. The number of nitrogens with one attached hydrogen (secondary N) is 1. The molecule has 0 saturated carbocycles. The van der Waals surface area contributed by atoms with Crippen LogP contribution in [0, 0.1) is 11.6 Å². The number of nitrogens with zero attached hydrogens (tertiary/aromatic N) is 1. The lowest BCUT2D eigenvalue weighted by Gasteiger charge is -2.23. The van der Waals surface area contributed by atoms with Crippen molar-refractivity contribution in [2.75, 3.05) is 25.1 Å². The SMILES string of the molecule is Fc1ccc(C(OCCNc2c3c(nc4ccccc24)CCCO3)c2ccc(F)cc2)cc1. The number of anilines is 1. The van der Waals surface area contributed by atoms with E-state index < -0.39 is 6.10 Å². The number of halogens is 2. The van der Waals surface area contributed by atoms with E-state index in [0.717, 1.165) is 52.0 Å². The van der Waals surface area contributed by atoms with Crippen LogP contribution in [-0.2, 0) is 11.2 Å². The molecule has 0 atom stereocenters. The van der Waals surface area contributed by atoms with Gasteiger partial charge < -0.3 is 14.8 Å². The molecular formula is C27H24F2N2O2. The van der Waals surface area contributed by atoms with Crippen LogP contribution in [0.1, 0.15) is 29.3 Å². The molecule has 1 aromatic heterocycles. The van der Waals surface area contributed by atoms with Crippen LogP contribution in [0.2, 0.25) is 0 Å². The van der Waals surface area contributed by atoms with E-state index in [0.29, 0.717) is 19.8 Å². The molecule has 0 unspecified atom stereocenters. The second kappa shape index (κ2) is 9.55. The summed E-state index contributed by atoms with van der Waals surface area (Å²) in [7, 11) is 0. The van der Waals surface area contributed by atoms with Gasteiger partial charge in [-0.2, -0.15) is 0 Å². The lowest BCUT2D eigenvalue weighted by molar-refractivity contribution is 0.0883. The number of hydrogen-bond donors (Lipinski definition) is 1. The van der Waals surface area contributed by atoms with Crippen LogP contribution >= 0.6 is 0 Å². The van der Waals surface area contributed by atoms with Crippen LogP contribution in [0.15, 0.2) is 72.8 Å². The lowest BCUT2D eigenvalue weighted by Crippen LogP contribution is -2.17. The maximum absolute atomic E-state index is 13.4. The van der Waals surface area contributed by atoms with Crippen molar-refractivity contribution >= 4 is 16.6 Å². The second-order valence-corrected chi connectivity index (χ2v) is 8.01. The number of pyridine rings is 1. The Hall–Kier alpha value is -3.51. The van der Waals surface area contributed by atoms with Gasteiger partial charge in [-0.25, -0.2) is 13.8 Å². The number of fused-ring (bicyclic) bond motifs is 2. The van der Waals surface area contributed by atoms with Crippen molar-refractivity contribution in [1.29, 1.82) is 0 Å². The summed E-state index contributed by atoms with van der Waals surface area (Å²) in [4.78, 5) is 4.77. The summed E-state index contributed by atoms with van der Waals surface area (Å²) in [5, 5.41) is 4.49.